The van der Waals surface area contributed by atoms with E-state index < -0.39 is 0 Å². The molecule has 2 saturated heterocycles. The lowest BCUT2D eigenvalue weighted by molar-refractivity contribution is -0.123. The Morgan fingerprint density at radius 2 is 2.15 bits per heavy atom. The van der Waals surface area contributed by atoms with Crippen molar-refractivity contribution in [3.05, 3.63) is 23.9 Å². The zero-order chi connectivity index (χ0) is 18.4. The van der Waals surface area contributed by atoms with Gasteiger partial charge in [-0.1, -0.05) is 6.07 Å². The van der Waals surface area contributed by atoms with Gasteiger partial charge >= 0.3 is 0 Å². The molecular weight excluding hydrogens is 330 g/mol. The molecule has 1 aromatic heterocycles. The monoisotopic (exact) mass is 361 g/mol. The molecule has 1 amide bonds. The Morgan fingerprint density at radius 1 is 1.27 bits per heavy atom. The van der Waals surface area contributed by atoms with Gasteiger partial charge in [-0.2, -0.15) is 0 Å². The fraction of sp³-hybridized carbons (Fsp3) is 0.684. The lowest BCUT2D eigenvalue weighted by atomic mass is 10.1. The molecule has 7 nitrogen and oxygen atoms in total. The third kappa shape index (κ3) is 5.40. The van der Waals surface area contributed by atoms with E-state index in [0.29, 0.717) is 19.6 Å². The molecule has 1 aromatic rings. The molecule has 2 aliphatic rings. The van der Waals surface area contributed by atoms with Gasteiger partial charge in [0.2, 0.25) is 5.91 Å². The lowest BCUT2D eigenvalue weighted by Crippen LogP contribution is -2.44. The molecular formula is C19H31N5O2. The van der Waals surface area contributed by atoms with Gasteiger partial charge in [0.15, 0.2) is 0 Å². The summed E-state index contributed by atoms with van der Waals surface area (Å²) in [6.45, 7) is 6.40. The number of aliphatic hydroxyl groups excluding tert-OH is 1. The first-order chi connectivity index (χ1) is 12.6. The summed E-state index contributed by atoms with van der Waals surface area (Å²) in [4.78, 5) is 23.6. The molecule has 144 valence electrons. The maximum Gasteiger partial charge on any atom is 0.234 e. The van der Waals surface area contributed by atoms with Crippen molar-refractivity contribution in [3.8, 4) is 0 Å². The summed E-state index contributed by atoms with van der Waals surface area (Å²) in [6.07, 6.45) is 4.43. The largest absolute Gasteiger partial charge is 0.392 e. The maximum atomic E-state index is 12.3. The smallest absolute Gasteiger partial charge is 0.234 e. The molecule has 7 heteroatoms. The number of likely N-dealkylation sites (tertiary alicyclic amines) is 1. The predicted molar refractivity (Wildman–Crippen MR) is 102 cm³/mol. The average molecular weight is 361 g/mol. The zero-order valence-corrected chi connectivity index (χ0v) is 15.7. The number of amides is 1. The summed E-state index contributed by atoms with van der Waals surface area (Å²) in [5, 5.41) is 12.8. The van der Waals surface area contributed by atoms with Gasteiger partial charge in [0.05, 0.1) is 12.6 Å². The molecule has 0 aromatic carbocycles. The van der Waals surface area contributed by atoms with Crippen LogP contribution in [0, 0.1) is 0 Å². The van der Waals surface area contributed by atoms with Crippen LogP contribution in [-0.2, 0) is 11.3 Å². The number of carbonyl (C=O) groups is 1. The van der Waals surface area contributed by atoms with Crippen LogP contribution in [0.4, 0.5) is 5.82 Å². The van der Waals surface area contributed by atoms with Crippen LogP contribution in [-0.4, -0.2) is 84.8 Å². The number of carbonyl (C=O) groups excluding carboxylic acids is 1. The minimum absolute atomic E-state index is 0.00417. The molecule has 3 heterocycles. The molecule has 2 fully saturated rings. The number of anilines is 1. The van der Waals surface area contributed by atoms with Gasteiger partial charge in [-0.25, -0.2) is 4.98 Å². The number of piperidine rings is 1. The molecule has 0 aliphatic carbocycles. The highest BCUT2D eigenvalue weighted by Gasteiger charge is 2.20. The fourth-order valence-electron chi connectivity index (χ4n) is 3.74. The van der Waals surface area contributed by atoms with Crippen LogP contribution in [0.15, 0.2) is 18.3 Å². The molecule has 3 rings (SSSR count). The van der Waals surface area contributed by atoms with Crippen molar-refractivity contribution in [1.29, 1.82) is 0 Å². The number of aromatic nitrogens is 1. The highest BCUT2D eigenvalue weighted by molar-refractivity contribution is 5.78. The number of hydrogen-bond acceptors (Lipinski definition) is 6. The van der Waals surface area contributed by atoms with Crippen molar-refractivity contribution < 1.29 is 9.90 Å². The van der Waals surface area contributed by atoms with Crippen LogP contribution < -0.4 is 10.2 Å². The van der Waals surface area contributed by atoms with Crippen molar-refractivity contribution in [2.75, 3.05) is 57.8 Å². The minimum atomic E-state index is -0.303. The highest BCUT2D eigenvalue weighted by Crippen LogP contribution is 2.19. The van der Waals surface area contributed by atoms with Crippen molar-refractivity contribution >= 4 is 11.7 Å². The van der Waals surface area contributed by atoms with E-state index in [0.717, 1.165) is 63.4 Å². The number of nitrogens with one attached hydrogen (secondary N) is 1. The van der Waals surface area contributed by atoms with Gasteiger partial charge in [0, 0.05) is 44.5 Å². The second kappa shape index (κ2) is 9.30. The van der Waals surface area contributed by atoms with Crippen molar-refractivity contribution in [3.63, 3.8) is 0 Å². The van der Waals surface area contributed by atoms with E-state index in [9.17, 15) is 9.90 Å². The third-order valence-electron chi connectivity index (χ3n) is 5.21. The minimum Gasteiger partial charge on any atom is -0.392 e. The standard InChI is InChI=1S/C19H31N5O2/c1-22-8-4-10-24(12-11-22)19-16(5-2-7-20-19)13-21-18(26)15-23-9-3-6-17(25)14-23/h2,5,7,17,25H,3-4,6,8-15H2,1H3,(H,21,26). The molecule has 0 spiro atoms. The normalized spacial score (nSPS) is 22.8. The summed E-state index contributed by atoms with van der Waals surface area (Å²) in [5.41, 5.74) is 1.06. The van der Waals surface area contributed by atoms with Crippen molar-refractivity contribution in [2.45, 2.75) is 31.9 Å². The van der Waals surface area contributed by atoms with E-state index in [1.807, 2.05) is 23.2 Å². The Bertz CT molecular complexity index is 597. The van der Waals surface area contributed by atoms with Gasteiger partial charge < -0.3 is 20.2 Å². The maximum absolute atomic E-state index is 12.3. The number of likely N-dealkylation sites (N-methyl/N-ethyl adjacent to an activating group) is 1. The zero-order valence-electron chi connectivity index (χ0n) is 15.7. The van der Waals surface area contributed by atoms with Crippen LogP contribution >= 0.6 is 0 Å². The summed E-state index contributed by atoms with van der Waals surface area (Å²) in [6, 6.07) is 3.97. The molecule has 2 N–H and O–H groups in total. The average Bonchev–Trinajstić information content (AvgIpc) is 2.85. The predicted octanol–water partition coefficient (Wildman–Crippen LogP) is 0.296. The molecule has 1 unspecified atom stereocenters. The van der Waals surface area contributed by atoms with E-state index >= 15 is 0 Å². The summed E-state index contributed by atoms with van der Waals surface area (Å²) in [5.74, 6) is 0.987. The SMILES string of the molecule is CN1CCCN(c2ncccc2CNC(=O)CN2CCCC(O)C2)CC1. The lowest BCUT2D eigenvalue weighted by Gasteiger charge is -2.29. The second-order valence-electron chi connectivity index (χ2n) is 7.44. The van der Waals surface area contributed by atoms with Crippen LogP contribution in [0.1, 0.15) is 24.8 Å². The molecule has 1 atom stereocenters. The van der Waals surface area contributed by atoms with E-state index in [1.165, 1.54) is 0 Å². The number of pyridine rings is 1. The quantitative estimate of drug-likeness (QED) is 0.786. The van der Waals surface area contributed by atoms with Crippen LogP contribution in [0.2, 0.25) is 0 Å². The Morgan fingerprint density at radius 3 is 3.00 bits per heavy atom. The van der Waals surface area contributed by atoms with Gasteiger partial charge in [-0.15, -0.1) is 0 Å². The van der Waals surface area contributed by atoms with Gasteiger partial charge in [0.1, 0.15) is 5.82 Å². The first-order valence-electron chi connectivity index (χ1n) is 9.66. The summed E-state index contributed by atoms with van der Waals surface area (Å²) < 4.78 is 0. The number of hydrogen-bond donors (Lipinski definition) is 2. The Kier molecular flexibility index (Phi) is 6.82. The topological polar surface area (TPSA) is 71.9 Å². The van der Waals surface area contributed by atoms with E-state index in [-0.39, 0.29) is 12.0 Å². The molecule has 2 aliphatic heterocycles. The molecule has 0 bridgehead atoms. The molecule has 0 radical (unpaired) electrons. The number of β-amino-alcohol motifs (C(OH)–C–C–N with tert-alkyl or cyclic N) is 1. The summed E-state index contributed by atoms with van der Waals surface area (Å²) in [7, 11) is 2.15. The molecule has 0 saturated carbocycles. The van der Waals surface area contributed by atoms with E-state index in [4.69, 9.17) is 0 Å². The summed E-state index contributed by atoms with van der Waals surface area (Å²) >= 11 is 0. The number of nitrogens with zero attached hydrogens (tertiary/aromatic N) is 4. The van der Waals surface area contributed by atoms with Gasteiger partial charge in [-0.05, 0) is 45.5 Å². The fourth-order valence-corrected chi connectivity index (χ4v) is 3.74. The van der Waals surface area contributed by atoms with E-state index in [1.54, 1.807) is 0 Å². The van der Waals surface area contributed by atoms with Crippen LogP contribution in [0.5, 0.6) is 0 Å². The third-order valence-corrected chi connectivity index (χ3v) is 5.21. The van der Waals surface area contributed by atoms with E-state index in [2.05, 4.69) is 27.1 Å². The molecule has 26 heavy (non-hydrogen) atoms. The second-order valence-corrected chi connectivity index (χ2v) is 7.44. The first-order valence-corrected chi connectivity index (χ1v) is 9.66. The first kappa shape index (κ1) is 19.1. The van der Waals surface area contributed by atoms with Crippen molar-refractivity contribution in [2.24, 2.45) is 0 Å². The number of rotatable bonds is 5. The Balaban J connectivity index is 1.55. The Labute approximate surface area is 156 Å². The highest BCUT2D eigenvalue weighted by atomic mass is 16.3. The van der Waals surface area contributed by atoms with Crippen molar-refractivity contribution in [1.82, 2.24) is 20.1 Å². The Hall–Kier alpha value is -1.70. The number of aliphatic hydroxyl groups is 1. The van der Waals surface area contributed by atoms with Crippen LogP contribution in [0.25, 0.3) is 0 Å². The van der Waals surface area contributed by atoms with Gasteiger partial charge in [0.25, 0.3) is 0 Å². The van der Waals surface area contributed by atoms with Gasteiger partial charge in [-0.3, -0.25) is 9.69 Å². The van der Waals surface area contributed by atoms with Crippen LogP contribution in [0.3, 0.4) is 0 Å².